The molecule has 0 saturated carbocycles. The van der Waals surface area contributed by atoms with Crippen LogP contribution < -0.4 is 0 Å². The van der Waals surface area contributed by atoms with E-state index in [2.05, 4.69) is 30.8 Å². The quantitative estimate of drug-likeness (QED) is 0.712. The van der Waals surface area contributed by atoms with Gasteiger partial charge in [-0.25, -0.2) is 0 Å². The normalized spacial score (nSPS) is 9.92. The third-order valence-electron chi connectivity index (χ3n) is 1.59. The molecule has 0 N–H and O–H groups in total. The molecular weight excluding hydrogens is 180 g/mol. The van der Waals surface area contributed by atoms with Gasteiger partial charge in [-0.05, 0) is 5.56 Å². The smallest absolute Gasteiger partial charge is 0.0765 e. The van der Waals surface area contributed by atoms with Gasteiger partial charge in [-0.3, -0.25) is 0 Å². The van der Waals surface area contributed by atoms with Crippen molar-refractivity contribution in [1.29, 1.82) is 0 Å². The molecule has 1 aromatic rings. The summed E-state index contributed by atoms with van der Waals surface area (Å²) >= 11 is 1.73. The highest BCUT2D eigenvalue weighted by atomic mass is 32.2. The molecule has 0 aliphatic carbocycles. The van der Waals surface area contributed by atoms with Gasteiger partial charge in [0.05, 0.1) is 6.61 Å². The molecule has 0 aromatic heterocycles. The van der Waals surface area contributed by atoms with Gasteiger partial charge in [-0.15, -0.1) is 11.8 Å². The van der Waals surface area contributed by atoms with Gasteiger partial charge in [0.15, 0.2) is 0 Å². The molecule has 1 aromatic carbocycles. The fourth-order valence-corrected chi connectivity index (χ4v) is 1.73. The van der Waals surface area contributed by atoms with E-state index in [9.17, 15) is 0 Å². The Labute approximate surface area is 83.8 Å². The van der Waals surface area contributed by atoms with Crippen molar-refractivity contribution in [1.82, 2.24) is 0 Å². The summed E-state index contributed by atoms with van der Waals surface area (Å²) < 4.78 is 4.97. The number of rotatable bonds is 5. The van der Waals surface area contributed by atoms with E-state index < -0.39 is 0 Å². The van der Waals surface area contributed by atoms with Crippen molar-refractivity contribution in [2.24, 2.45) is 0 Å². The zero-order valence-electron chi connectivity index (χ0n) is 7.82. The van der Waals surface area contributed by atoms with Crippen molar-refractivity contribution in [3.8, 4) is 0 Å². The van der Waals surface area contributed by atoms with E-state index in [1.165, 1.54) is 5.56 Å². The second-order valence-corrected chi connectivity index (χ2v) is 3.90. The fourth-order valence-electron chi connectivity index (χ4n) is 0.962. The van der Waals surface area contributed by atoms with Crippen molar-refractivity contribution in [2.45, 2.75) is 5.75 Å². The number of methoxy groups -OCH3 is 1. The van der Waals surface area contributed by atoms with Gasteiger partial charge in [-0.2, -0.15) is 0 Å². The molecule has 0 aliphatic heterocycles. The van der Waals surface area contributed by atoms with Crippen molar-refractivity contribution < 1.29 is 4.74 Å². The third-order valence-corrected chi connectivity index (χ3v) is 2.59. The minimum absolute atomic E-state index is 0.636. The van der Waals surface area contributed by atoms with Crippen LogP contribution in [0.2, 0.25) is 0 Å². The Bertz CT molecular complexity index is 256. The number of benzene rings is 1. The first-order valence-corrected chi connectivity index (χ1v) is 5.15. The minimum atomic E-state index is 0.636. The van der Waals surface area contributed by atoms with Gasteiger partial charge < -0.3 is 4.74 Å². The molecule has 0 heterocycles. The highest BCUT2D eigenvalue weighted by Gasteiger charge is 1.95. The van der Waals surface area contributed by atoms with Gasteiger partial charge in [-0.1, -0.05) is 36.9 Å². The topological polar surface area (TPSA) is 9.23 Å². The van der Waals surface area contributed by atoms with Crippen LogP contribution in [-0.4, -0.2) is 13.7 Å². The predicted molar refractivity (Wildman–Crippen MR) is 58.8 cm³/mol. The zero-order valence-corrected chi connectivity index (χ0v) is 8.64. The van der Waals surface area contributed by atoms with Crippen LogP contribution in [0.4, 0.5) is 0 Å². The standard InChI is InChI=1S/C11H14OS/c1-10(8-12-2)13-9-11-6-4-3-5-7-11/h3-7H,1,8-9H2,2H3. The Morgan fingerprint density at radius 1 is 1.38 bits per heavy atom. The Hall–Kier alpha value is -0.730. The van der Waals surface area contributed by atoms with Gasteiger partial charge >= 0.3 is 0 Å². The van der Waals surface area contributed by atoms with E-state index >= 15 is 0 Å². The molecule has 1 rings (SSSR count). The largest absolute Gasteiger partial charge is 0.379 e. The molecule has 0 atom stereocenters. The molecule has 0 spiro atoms. The SMILES string of the molecule is C=C(COC)SCc1ccccc1. The monoisotopic (exact) mass is 194 g/mol. The molecule has 70 valence electrons. The van der Waals surface area contributed by atoms with Crippen LogP contribution in [-0.2, 0) is 10.5 Å². The molecular formula is C11H14OS. The third kappa shape index (κ3) is 4.15. The van der Waals surface area contributed by atoms with Crippen LogP contribution in [0.25, 0.3) is 0 Å². The van der Waals surface area contributed by atoms with E-state index in [0.717, 1.165) is 10.7 Å². The first kappa shape index (κ1) is 10.4. The lowest BCUT2D eigenvalue weighted by Crippen LogP contribution is -1.89. The summed E-state index contributed by atoms with van der Waals surface area (Å²) in [7, 11) is 1.69. The predicted octanol–water partition coefficient (Wildman–Crippen LogP) is 3.08. The fraction of sp³-hybridized carbons (Fsp3) is 0.273. The van der Waals surface area contributed by atoms with E-state index in [0.29, 0.717) is 6.61 Å². The lowest BCUT2D eigenvalue weighted by atomic mass is 10.2. The van der Waals surface area contributed by atoms with E-state index in [1.54, 1.807) is 18.9 Å². The Kier molecular flexibility index (Phi) is 4.65. The molecule has 0 fully saturated rings. The number of ether oxygens (including phenoxy) is 1. The molecule has 13 heavy (non-hydrogen) atoms. The van der Waals surface area contributed by atoms with Crippen LogP contribution in [0.5, 0.6) is 0 Å². The zero-order chi connectivity index (χ0) is 9.52. The molecule has 0 bridgehead atoms. The average Bonchev–Trinajstić information content (AvgIpc) is 2.17. The second kappa shape index (κ2) is 5.84. The number of hydrogen-bond acceptors (Lipinski definition) is 2. The summed E-state index contributed by atoms with van der Waals surface area (Å²) in [5.74, 6) is 0.975. The average molecular weight is 194 g/mol. The van der Waals surface area contributed by atoms with Crippen molar-refractivity contribution in [3.63, 3.8) is 0 Å². The van der Waals surface area contributed by atoms with Gasteiger partial charge in [0.2, 0.25) is 0 Å². The van der Waals surface area contributed by atoms with Gasteiger partial charge in [0.1, 0.15) is 0 Å². The molecule has 0 unspecified atom stereocenters. The van der Waals surface area contributed by atoms with Crippen LogP contribution in [0.15, 0.2) is 41.8 Å². The van der Waals surface area contributed by atoms with E-state index in [1.807, 2.05) is 6.07 Å². The van der Waals surface area contributed by atoms with Gasteiger partial charge in [0.25, 0.3) is 0 Å². The highest BCUT2D eigenvalue weighted by molar-refractivity contribution is 8.02. The lowest BCUT2D eigenvalue weighted by Gasteiger charge is -2.03. The molecule has 1 nitrogen and oxygen atoms in total. The maximum atomic E-state index is 4.97. The molecule has 0 saturated heterocycles. The summed E-state index contributed by atoms with van der Waals surface area (Å²) in [6.07, 6.45) is 0. The first-order chi connectivity index (χ1) is 6.33. The first-order valence-electron chi connectivity index (χ1n) is 4.16. The maximum Gasteiger partial charge on any atom is 0.0765 e. The second-order valence-electron chi connectivity index (χ2n) is 2.75. The Morgan fingerprint density at radius 2 is 2.08 bits per heavy atom. The molecule has 2 heteroatoms. The molecule has 0 amide bonds. The summed E-state index contributed by atoms with van der Waals surface area (Å²) in [5.41, 5.74) is 1.32. The summed E-state index contributed by atoms with van der Waals surface area (Å²) in [5, 5.41) is 0. The summed E-state index contributed by atoms with van der Waals surface area (Å²) in [6.45, 7) is 4.53. The molecule has 0 radical (unpaired) electrons. The maximum absolute atomic E-state index is 4.97. The van der Waals surface area contributed by atoms with Crippen LogP contribution >= 0.6 is 11.8 Å². The van der Waals surface area contributed by atoms with Crippen LogP contribution in [0, 0.1) is 0 Å². The lowest BCUT2D eigenvalue weighted by molar-refractivity contribution is 0.232. The highest BCUT2D eigenvalue weighted by Crippen LogP contribution is 2.19. The van der Waals surface area contributed by atoms with Gasteiger partial charge in [0, 0.05) is 17.8 Å². The minimum Gasteiger partial charge on any atom is -0.379 e. The van der Waals surface area contributed by atoms with E-state index in [-0.39, 0.29) is 0 Å². The summed E-state index contributed by atoms with van der Waals surface area (Å²) in [6, 6.07) is 10.4. The van der Waals surface area contributed by atoms with Crippen molar-refractivity contribution in [3.05, 3.63) is 47.4 Å². The van der Waals surface area contributed by atoms with Crippen LogP contribution in [0.3, 0.4) is 0 Å². The Morgan fingerprint density at radius 3 is 2.69 bits per heavy atom. The number of hydrogen-bond donors (Lipinski definition) is 0. The van der Waals surface area contributed by atoms with Crippen molar-refractivity contribution in [2.75, 3.05) is 13.7 Å². The molecule has 0 aliphatic rings. The summed E-state index contributed by atoms with van der Waals surface area (Å²) in [4.78, 5) is 1.08. The van der Waals surface area contributed by atoms with E-state index in [4.69, 9.17) is 4.74 Å². The number of thioether (sulfide) groups is 1. The Balaban J connectivity index is 2.31. The van der Waals surface area contributed by atoms with Crippen LogP contribution in [0.1, 0.15) is 5.56 Å². The van der Waals surface area contributed by atoms with Crippen molar-refractivity contribution >= 4 is 11.8 Å².